The van der Waals surface area contributed by atoms with E-state index in [9.17, 15) is 10.1 Å². The third-order valence-electron chi connectivity index (χ3n) is 5.53. The van der Waals surface area contributed by atoms with Gasteiger partial charge in [-0.25, -0.2) is 0 Å². The molecule has 0 saturated carbocycles. The van der Waals surface area contributed by atoms with E-state index in [2.05, 4.69) is 11.2 Å². The number of nitriles is 1. The molecule has 26 heavy (non-hydrogen) atoms. The summed E-state index contributed by atoms with van der Waals surface area (Å²) in [6.45, 7) is 8.23. The maximum absolute atomic E-state index is 13.3. The van der Waals surface area contributed by atoms with Crippen molar-refractivity contribution >= 4 is 5.91 Å². The van der Waals surface area contributed by atoms with Crippen LogP contribution in [0.3, 0.4) is 0 Å². The Morgan fingerprint density at radius 3 is 2.73 bits per heavy atom. The number of fused-ring (bicyclic) bond motifs is 1. The molecule has 142 valence electrons. The lowest BCUT2D eigenvalue weighted by Crippen LogP contribution is -2.43. The summed E-state index contributed by atoms with van der Waals surface area (Å²) in [6.07, 6.45) is 2.05. The number of nitrogens with zero attached hydrogens (tertiary/aromatic N) is 4. The fourth-order valence-electron chi connectivity index (χ4n) is 3.84. The molecule has 0 unspecified atom stereocenters. The lowest BCUT2D eigenvalue weighted by molar-refractivity contribution is -0.00721. The van der Waals surface area contributed by atoms with Gasteiger partial charge in [-0.3, -0.25) is 9.48 Å². The van der Waals surface area contributed by atoms with E-state index >= 15 is 0 Å². The van der Waals surface area contributed by atoms with Crippen LogP contribution < -0.4 is 0 Å². The summed E-state index contributed by atoms with van der Waals surface area (Å²) in [7, 11) is 1.64. The number of carbonyl (C=O) groups is 1. The Labute approximate surface area is 154 Å². The van der Waals surface area contributed by atoms with Gasteiger partial charge in [0, 0.05) is 32.2 Å². The summed E-state index contributed by atoms with van der Waals surface area (Å²) >= 11 is 0. The van der Waals surface area contributed by atoms with Crippen LogP contribution in [0.2, 0.25) is 0 Å². The maximum Gasteiger partial charge on any atom is 0.272 e. The number of carbonyl (C=O) groups excluding carboxylic acids is 1. The molecule has 0 radical (unpaired) electrons. The van der Waals surface area contributed by atoms with Crippen LogP contribution in [-0.4, -0.2) is 53.5 Å². The van der Waals surface area contributed by atoms with Crippen molar-refractivity contribution in [1.29, 1.82) is 5.26 Å². The van der Waals surface area contributed by atoms with Gasteiger partial charge in [0.05, 0.1) is 42.5 Å². The molecule has 7 heteroatoms. The third kappa shape index (κ3) is 3.49. The number of hydrogen-bond donors (Lipinski definition) is 0. The zero-order chi connectivity index (χ0) is 18.9. The first-order valence-electron chi connectivity index (χ1n) is 9.33. The van der Waals surface area contributed by atoms with Gasteiger partial charge < -0.3 is 14.4 Å². The molecule has 1 fully saturated rings. The van der Waals surface area contributed by atoms with Crippen molar-refractivity contribution in [3.63, 3.8) is 0 Å². The van der Waals surface area contributed by atoms with Gasteiger partial charge in [0.15, 0.2) is 0 Å². The highest BCUT2D eigenvalue weighted by Crippen LogP contribution is 2.34. The van der Waals surface area contributed by atoms with Gasteiger partial charge in [0.2, 0.25) is 0 Å². The monoisotopic (exact) mass is 360 g/mol. The normalized spacial score (nSPS) is 24.8. The van der Waals surface area contributed by atoms with Gasteiger partial charge in [-0.05, 0) is 33.6 Å². The number of ether oxygens (including phenoxy) is 2. The first kappa shape index (κ1) is 18.9. The summed E-state index contributed by atoms with van der Waals surface area (Å²) in [6, 6.07) is 2.39. The van der Waals surface area contributed by atoms with Gasteiger partial charge >= 0.3 is 0 Å². The van der Waals surface area contributed by atoms with E-state index in [1.54, 1.807) is 11.8 Å². The van der Waals surface area contributed by atoms with E-state index in [1.165, 1.54) is 0 Å². The molecule has 2 aliphatic rings. The zero-order valence-corrected chi connectivity index (χ0v) is 16.1. The first-order valence-corrected chi connectivity index (χ1v) is 9.33. The topological polar surface area (TPSA) is 80.4 Å². The molecule has 3 heterocycles. The number of amides is 1. The fourth-order valence-corrected chi connectivity index (χ4v) is 3.84. The largest absolute Gasteiger partial charge is 0.383 e. The summed E-state index contributed by atoms with van der Waals surface area (Å²) in [5.41, 5.74) is 2.20. The highest BCUT2D eigenvalue weighted by Gasteiger charge is 2.37. The number of methoxy groups -OCH3 is 1. The van der Waals surface area contributed by atoms with Gasteiger partial charge in [-0.15, -0.1) is 0 Å². The summed E-state index contributed by atoms with van der Waals surface area (Å²) in [5.74, 6) is 0.0103. The minimum atomic E-state index is -0.330. The van der Waals surface area contributed by atoms with Gasteiger partial charge in [-0.1, -0.05) is 0 Å². The van der Waals surface area contributed by atoms with Crippen molar-refractivity contribution < 1.29 is 14.3 Å². The lowest BCUT2D eigenvalue weighted by Gasteiger charge is -2.35. The molecule has 2 atom stereocenters. The zero-order valence-electron chi connectivity index (χ0n) is 16.1. The molecular weight excluding hydrogens is 332 g/mol. The van der Waals surface area contributed by atoms with Crippen molar-refractivity contribution in [3.8, 4) is 6.07 Å². The molecule has 1 amide bonds. The van der Waals surface area contributed by atoms with Crippen LogP contribution in [0.4, 0.5) is 0 Å². The quantitative estimate of drug-likeness (QED) is 0.823. The maximum atomic E-state index is 13.3. The Balaban J connectivity index is 1.90. The Bertz CT molecular complexity index is 713. The molecule has 0 bridgehead atoms. The summed E-state index contributed by atoms with van der Waals surface area (Å²) in [4.78, 5) is 15.2. The van der Waals surface area contributed by atoms with E-state index in [-0.39, 0.29) is 23.5 Å². The molecule has 0 N–H and O–H groups in total. The van der Waals surface area contributed by atoms with Crippen molar-refractivity contribution in [2.75, 3.05) is 26.8 Å². The minimum absolute atomic E-state index is 0.0103. The predicted octanol–water partition coefficient (Wildman–Crippen LogP) is 2.32. The Morgan fingerprint density at radius 2 is 2.12 bits per heavy atom. The van der Waals surface area contributed by atoms with Crippen LogP contribution in [0.5, 0.6) is 0 Å². The predicted molar refractivity (Wildman–Crippen MR) is 95.6 cm³/mol. The molecule has 0 spiro atoms. The molecule has 1 aromatic heterocycles. The second-order valence-electron chi connectivity index (χ2n) is 7.69. The Morgan fingerprint density at radius 1 is 1.42 bits per heavy atom. The molecule has 7 nitrogen and oxygen atoms in total. The summed E-state index contributed by atoms with van der Waals surface area (Å²) < 4.78 is 12.9. The standard InChI is InChI=1S/C19H28N4O3/c1-13-11-15-16(14(2)26-13)21-23(9-10-25-4)17(15)18(24)22-7-5-19(3,12-20)6-8-22/h13-14H,5-11H2,1-4H3/t13-,14+/m0/s1. The number of aromatic nitrogens is 2. The molecule has 0 aromatic carbocycles. The lowest BCUT2D eigenvalue weighted by atomic mass is 9.82. The Hall–Kier alpha value is -1.91. The van der Waals surface area contributed by atoms with Gasteiger partial charge in [-0.2, -0.15) is 10.4 Å². The molecular formula is C19H28N4O3. The van der Waals surface area contributed by atoms with Crippen molar-refractivity contribution in [1.82, 2.24) is 14.7 Å². The Kier molecular flexibility index (Phi) is 5.35. The van der Waals surface area contributed by atoms with Crippen LogP contribution in [0.15, 0.2) is 0 Å². The third-order valence-corrected chi connectivity index (χ3v) is 5.53. The van der Waals surface area contributed by atoms with E-state index in [0.29, 0.717) is 51.2 Å². The number of hydrogen-bond acceptors (Lipinski definition) is 5. The van der Waals surface area contributed by atoms with E-state index in [0.717, 1.165) is 11.3 Å². The number of likely N-dealkylation sites (tertiary alicyclic amines) is 1. The molecule has 1 saturated heterocycles. The molecule has 2 aliphatic heterocycles. The average molecular weight is 360 g/mol. The fraction of sp³-hybridized carbons (Fsp3) is 0.737. The van der Waals surface area contributed by atoms with Crippen molar-refractivity contribution in [2.24, 2.45) is 5.41 Å². The van der Waals surface area contributed by atoms with Crippen LogP contribution in [0.25, 0.3) is 0 Å². The van der Waals surface area contributed by atoms with Crippen molar-refractivity contribution in [3.05, 3.63) is 17.0 Å². The van der Waals surface area contributed by atoms with Crippen LogP contribution in [0, 0.1) is 16.7 Å². The van der Waals surface area contributed by atoms with E-state index in [1.807, 2.05) is 25.7 Å². The number of rotatable bonds is 4. The van der Waals surface area contributed by atoms with Crippen LogP contribution >= 0.6 is 0 Å². The minimum Gasteiger partial charge on any atom is -0.383 e. The average Bonchev–Trinajstić information content (AvgIpc) is 2.98. The van der Waals surface area contributed by atoms with Crippen molar-refractivity contribution in [2.45, 2.75) is 58.8 Å². The molecule has 0 aliphatic carbocycles. The molecule has 1 aromatic rings. The van der Waals surface area contributed by atoms with E-state index < -0.39 is 0 Å². The highest BCUT2D eigenvalue weighted by atomic mass is 16.5. The second kappa shape index (κ2) is 7.37. The van der Waals surface area contributed by atoms with Crippen LogP contribution in [0.1, 0.15) is 61.5 Å². The van der Waals surface area contributed by atoms with Gasteiger partial charge in [0.1, 0.15) is 5.69 Å². The molecule has 3 rings (SSSR count). The van der Waals surface area contributed by atoms with Crippen LogP contribution in [-0.2, 0) is 22.4 Å². The van der Waals surface area contributed by atoms with E-state index in [4.69, 9.17) is 9.47 Å². The highest BCUT2D eigenvalue weighted by molar-refractivity contribution is 5.94. The number of piperidine rings is 1. The first-order chi connectivity index (χ1) is 12.4. The smallest absolute Gasteiger partial charge is 0.272 e. The second-order valence-corrected chi connectivity index (χ2v) is 7.69. The SMILES string of the molecule is COCCn1nc2c(c1C(=O)N1CCC(C)(C#N)CC1)C[C@H](C)O[C@@H]2C. The summed E-state index contributed by atoms with van der Waals surface area (Å²) in [5, 5.41) is 14.0. The van der Waals surface area contributed by atoms with Gasteiger partial charge in [0.25, 0.3) is 5.91 Å².